The molecule has 0 aromatic heterocycles. The van der Waals surface area contributed by atoms with E-state index in [1.807, 2.05) is 0 Å². The Morgan fingerprint density at radius 1 is 1.27 bits per heavy atom. The first-order valence-corrected chi connectivity index (χ1v) is 4.00. The average molecular weight is 223 g/mol. The van der Waals surface area contributed by atoms with Gasteiger partial charge in [0.05, 0.1) is 0 Å². The summed E-state index contributed by atoms with van der Waals surface area (Å²) in [6.07, 6.45) is 0. The third-order valence-corrected chi connectivity index (χ3v) is 1.34. The Hall–Kier alpha value is -0.640. The van der Waals surface area contributed by atoms with E-state index in [1.165, 1.54) is 6.07 Å². The van der Waals surface area contributed by atoms with Gasteiger partial charge in [0.25, 0.3) is 0 Å². The molecular weight excluding hydrogens is 218 g/mol. The van der Waals surface area contributed by atoms with Crippen LogP contribution in [0.4, 0.5) is 8.78 Å². The van der Waals surface area contributed by atoms with Gasteiger partial charge in [0, 0.05) is 6.07 Å². The highest BCUT2D eigenvalue weighted by atomic mass is 79.9. The van der Waals surface area contributed by atoms with Crippen molar-refractivity contribution in [2.45, 2.75) is 0 Å². The minimum absolute atomic E-state index is 0.262. The Bertz CT molecular complexity index is 252. The number of hydrogen-bond acceptors (Lipinski definition) is 1. The van der Waals surface area contributed by atoms with Crippen LogP contribution < -0.4 is 4.74 Å². The first-order chi connectivity index (χ1) is 5.24. The van der Waals surface area contributed by atoms with Crippen molar-refractivity contribution in [1.29, 1.82) is 0 Å². The fourth-order valence-electron chi connectivity index (χ4n) is 0.630. The largest absolute Gasteiger partial charge is 0.482 e. The monoisotopic (exact) mass is 222 g/mol. The third-order valence-electron chi connectivity index (χ3n) is 1.11. The lowest BCUT2D eigenvalue weighted by molar-refractivity contribution is 0.391. The maximum absolute atomic E-state index is 12.4. The Kier molecular flexibility index (Phi) is 2.82. The number of alkyl halides is 1. The summed E-state index contributed by atoms with van der Waals surface area (Å²) in [4.78, 5) is 0. The zero-order valence-corrected chi connectivity index (χ0v) is 7.07. The maximum Gasteiger partial charge on any atom is 0.162 e. The molecule has 0 N–H and O–H groups in total. The number of rotatable bonds is 2. The molecule has 0 spiro atoms. The van der Waals surface area contributed by atoms with E-state index in [-0.39, 0.29) is 5.52 Å². The molecule has 1 aromatic carbocycles. The zero-order valence-electron chi connectivity index (χ0n) is 5.48. The molecule has 0 saturated heterocycles. The Morgan fingerprint density at radius 2 is 2.00 bits per heavy atom. The molecule has 0 aliphatic rings. The van der Waals surface area contributed by atoms with Gasteiger partial charge < -0.3 is 4.74 Å². The topological polar surface area (TPSA) is 9.23 Å². The van der Waals surface area contributed by atoms with Crippen molar-refractivity contribution >= 4 is 15.9 Å². The van der Waals surface area contributed by atoms with E-state index >= 15 is 0 Å². The molecule has 60 valence electrons. The zero-order chi connectivity index (χ0) is 8.27. The normalized spacial score (nSPS) is 9.73. The van der Waals surface area contributed by atoms with Crippen molar-refractivity contribution in [2.75, 3.05) is 5.52 Å². The van der Waals surface area contributed by atoms with Crippen LogP contribution in [0.15, 0.2) is 18.2 Å². The van der Waals surface area contributed by atoms with E-state index in [1.54, 1.807) is 0 Å². The van der Waals surface area contributed by atoms with Gasteiger partial charge in [0.1, 0.15) is 11.3 Å². The van der Waals surface area contributed by atoms with Gasteiger partial charge in [-0.1, -0.05) is 0 Å². The minimum Gasteiger partial charge on any atom is -0.482 e. The molecule has 0 bridgehead atoms. The molecule has 0 fully saturated rings. The van der Waals surface area contributed by atoms with E-state index in [4.69, 9.17) is 4.74 Å². The van der Waals surface area contributed by atoms with Gasteiger partial charge in [0.15, 0.2) is 11.6 Å². The molecule has 1 rings (SSSR count). The summed E-state index contributed by atoms with van der Waals surface area (Å²) in [6.45, 7) is 0. The van der Waals surface area contributed by atoms with Crippen LogP contribution in [0.5, 0.6) is 5.75 Å². The van der Waals surface area contributed by atoms with Gasteiger partial charge in [0.2, 0.25) is 0 Å². The van der Waals surface area contributed by atoms with Gasteiger partial charge in [-0.2, -0.15) is 0 Å². The van der Waals surface area contributed by atoms with Crippen LogP contribution in [-0.2, 0) is 0 Å². The lowest BCUT2D eigenvalue weighted by Gasteiger charge is -2.00. The van der Waals surface area contributed by atoms with Crippen molar-refractivity contribution < 1.29 is 13.5 Å². The van der Waals surface area contributed by atoms with E-state index in [0.29, 0.717) is 5.75 Å². The van der Waals surface area contributed by atoms with E-state index in [9.17, 15) is 8.78 Å². The van der Waals surface area contributed by atoms with Crippen LogP contribution in [-0.4, -0.2) is 5.52 Å². The average Bonchev–Trinajstić information content (AvgIpc) is 1.98. The molecule has 1 aromatic rings. The standard InChI is InChI=1S/C7H5BrF2O/c8-4-11-5-1-2-6(9)7(10)3-5/h1-3H,4H2. The summed E-state index contributed by atoms with van der Waals surface area (Å²) in [5.41, 5.74) is 0.262. The molecule has 0 heterocycles. The summed E-state index contributed by atoms with van der Waals surface area (Å²) in [5.74, 6) is -1.46. The van der Waals surface area contributed by atoms with Crippen LogP contribution in [0, 0.1) is 11.6 Å². The van der Waals surface area contributed by atoms with Gasteiger partial charge in [-0.15, -0.1) is 0 Å². The lowest BCUT2D eigenvalue weighted by atomic mass is 10.3. The van der Waals surface area contributed by atoms with E-state index in [0.717, 1.165) is 12.1 Å². The number of halogens is 3. The molecule has 11 heavy (non-hydrogen) atoms. The second-order valence-corrected chi connectivity index (χ2v) is 2.29. The highest BCUT2D eigenvalue weighted by Crippen LogP contribution is 2.15. The Balaban J connectivity index is 2.86. The van der Waals surface area contributed by atoms with Gasteiger partial charge in [-0.05, 0) is 28.1 Å². The van der Waals surface area contributed by atoms with Crippen molar-refractivity contribution in [2.24, 2.45) is 0 Å². The summed E-state index contributed by atoms with van der Waals surface area (Å²) in [7, 11) is 0. The fraction of sp³-hybridized carbons (Fsp3) is 0.143. The molecule has 4 heteroatoms. The fourth-order valence-corrected chi connectivity index (χ4v) is 0.894. The van der Waals surface area contributed by atoms with Crippen LogP contribution in [0.25, 0.3) is 0 Å². The van der Waals surface area contributed by atoms with Crippen LogP contribution in [0.2, 0.25) is 0 Å². The number of ether oxygens (including phenoxy) is 1. The summed E-state index contributed by atoms with van der Waals surface area (Å²) in [6, 6.07) is 3.38. The van der Waals surface area contributed by atoms with Gasteiger partial charge in [-0.3, -0.25) is 0 Å². The number of benzene rings is 1. The molecule has 0 radical (unpaired) electrons. The lowest BCUT2D eigenvalue weighted by Crippen LogP contribution is -1.90. The molecule has 0 amide bonds. The van der Waals surface area contributed by atoms with Crippen molar-refractivity contribution in [3.8, 4) is 5.75 Å². The molecule has 0 atom stereocenters. The molecule has 0 aliphatic carbocycles. The second kappa shape index (κ2) is 3.67. The smallest absolute Gasteiger partial charge is 0.162 e. The molecule has 0 saturated carbocycles. The highest BCUT2D eigenvalue weighted by molar-refractivity contribution is 9.09. The van der Waals surface area contributed by atoms with Crippen LogP contribution in [0.1, 0.15) is 0 Å². The predicted octanol–water partition coefficient (Wildman–Crippen LogP) is 2.70. The second-order valence-electron chi connectivity index (χ2n) is 1.83. The van der Waals surface area contributed by atoms with Crippen molar-refractivity contribution in [3.05, 3.63) is 29.8 Å². The number of hydrogen-bond donors (Lipinski definition) is 0. The highest BCUT2D eigenvalue weighted by Gasteiger charge is 2.01. The molecule has 0 aliphatic heterocycles. The van der Waals surface area contributed by atoms with E-state index in [2.05, 4.69) is 15.9 Å². The minimum atomic E-state index is -0.900. The van der Waals surface area contributed by atoms with Gasteiger partial charge in [-0.25, -0.2) is 8.78 Å². The first kappa shape index (κ1) is 8.46. The summed E-state index contributed by atoms with van der Waals surface area (Å²) in [5, 5.41) is 0. The predicted molar refractivity (Wildman–Crippen MR) is 40.8 cm³/mol. The van der Waals surface area contributed by atoms with Gasteiger partial charge >= 0.3 is 0 Å². The summed E-state index contributed by atoms with van der Waals surface area (Å²) >= 11 is 2.99. The Morgan fingerprint density at radius 3 is 2.55 bits per heavy atom. The van der Waals surface area contributed by atoms with Crippen molar-refractivity contribution in [3.63, 3.8) is 0 Å². The van der Waals surface area contributed by atoms with Crippen LogP contribution in [0.3, 0.4) is 0 Å². The van der Waals surface area contributed by atoms with Crippen molar-refractivity contribution in [1.82, 2.24) is 0 Å². The molecule has 1 nitrogen and oxygen atoms in total. The maximum atomic E-state index is 12.4. The molecule has 0 unspecified atom stereocenters. The summed E-state index contributed by atoms with van der Waals surface area (Å²) < 4.78 is 29.6. The SMILES string of the molecule is Fc1ccc(OCBr)cc1F. The quantitative estimate of drug-likeness (QED) is 0.700. The molecular formula is C7H5BrF2O. The van der Waals surface area contributed by atoms with E-state index < -0.39 is 11.6 Å². The van der Waals surface area contributed by atoms with Crippen LogP contribution >= 0.6 is 15.9 Å². The third kappa shape index (κ3) is 2.15. The Labute approximate surface area is 71.1 Å². The first-order valence-electron chi connectivity index (χ1n) is 2.88.